The maximum absolute atomic E-state index is 11.8. The molecule has 1 fully saturated rings. The largest absolute Gasteiger partial charge is 0.370 e. The molecule has 1 aromatic carbocycles. The van der Waals surface area contributed by atoms with Crippen LogP contribution in [0, 0.1) is 6.92 Å². The summed E-state index contributed by atoms with van der Waals surface area (Å²) in [6.45, 7) is 6.22. The minimum atomic E-state index is -2.97. The van der Waals surface area contributed by atoms with Gasteiger partial charge in [-0.25, -0.2) is 13.2 Å². The lowest BCUT2D eigenvalue weighted by Crippen LogP contribution is -2.45. The summed E-state index contributed by atoms with van der Waals surface area (Å²) in [7, 11) is -2.97. The monoisotopic (exact) mass is 339 g/mol. The first-order valence-corrected chi connectivity index (χ1v) is 9.79. The van der Waals surface area contributed by atoms with E-state index in [1.807, 2.05) is 12.1 Å². The van der Waals surface area contributed by atoms with Crippen LogP contribution in [0.25, 0.3) is 0 Å². The summed E-state index contributed by atoms with van der Waals surface area (Å²) in [6, 6.07) is 7.59. The van der Waals surface area contributed by atoms with Crippen molar-refractivity contribution in [2.45, 2.75) is 26.3 Å². The first-order chi connectivity index (χ1) is 10.9. The van der Waals surface area contributed by atoms with Crippen molar-refractivity contribution < 1.29 is 13.2 Å². The Morgan fingerprint density at radius 3 is 2.70 bits per heavy atom. The maximum Gasteiger partial charge on any atom is 0.315 e. The van der Waals surface area contributed by atoms with E-state index in [9.17, 15) is 13.2 Å². The minimum absolute atomic E-state index is 0.0463. The highest BCUT2D eigenvalue weighted by atomic mass is 32.2. The Labute approximate surface area is 138 Å². The number of sulfone groups is 1. The van der Waals surface area contributed by atoms with E-state index >= 15 is 0 Å². The van der Waals surface area contributed by atoms with Crippen molar-refractivity contribution in [1.29, 1.82) is 0 Å². The first-order valence-electron chi connectivity index (χ1n) is 7.96. The maximum atomic E-state index is 11.8. The number of nitrogens with zero attached hydrogens (tertiary/aromatic N) is 1. The normalized spacial score (nSPS) is 19.3. The highest BCUT2D eigenvalue weighted by Crippen LogP contribution is 2.18. The van der Waals surface area contributed by atoms with Crippen LogP contribution in [0.1, 0.15) is 18.9 Å². The molecule has 2 amide bonds. The van der Waals surface area contributed by atoms with E-state index in [1.54, 1.807) is 0 Å². The van der Waals surface area contributed by atoms with Crippen molar-refractivity contribution in [2.75, 3.05) is 36.0 Å². The number of carbonyl (C=O) groups is 1. The summed E-state index contributed by atoms with van der Waals surface area (Å²) in [4.78, 5) is 14.1. The van der Waals surface area contributed by atoms with Gasteiger partial charge in [0.15, 0.2) is 9.84 Å². The molecular weight excluding hydrogens is 314 g/mol. The topological polar surface area (TPSA) is 78.5 Å². The van der Waals surface area contributed by atoms with Gasteiger partial charge in [-0.15, -0.1) is 0 Å². The van der Waals surface area contributed by atoms with Gasteiger partial charge in [0.1, 0.15) is 0 Å². The average molecular weight is 339 g/mol. The molecule has 7 heteroatoms. The van der Waals surface area contributed by atoms with Crippen LogP contribution in [0.5, 0.6) is 0 Å². The summed E-state index contributed by atoms with van der Waals surface area (Å²) in [6.07, 6.45) is 0.500. The van der Waals surface area contributed by atoms with Gasteiger partial charge in [0.05, 0.1) is 11.5 Å². The lowest BCUT2D eigenvalue weighted by Gasteiger charge is -2.25. The predicted octanol–water partition coefficient (Wildman–Crippen LogP) is 1.31. The first kappa shape index (κ1) is 17.6. The molecule has 2 rings (SSSR count). The summed E-state index contributed by atoms with van der Waals surface area (Å²) < 4.78 is 22.8. The number of para-hydroxylation sites is 1. The summed E-state index contributed by atoms with van der Waals surface area (Å²) in [5, 5.41) is 5.53. The highest BCUT2D eigenvalue weighted by Gasteiger charge is 2.28. The van der Waals surface area contributed by atoms with Gasteiger partial charge in [-0.2, -0.15) is 0 Å². The van der Waals surface area contributed by atoms with Crippen molar-refractivity contribution in [2.24, 2.45) is 0 Å². The fourth-order valence-electron chi connectivity index (χ4n) is 2.82. The molecule has 1 aromatic rings. The van der Waals surface area contributed by atoms with Crippen LogP contribution in [0.15, 0.2) is 24.3 Å². The van der Waals surface area contributed by atoms with Crippen LogP contribution in [-0.4, -0.2) is 51.6 Å². The molecule has 2 N–H and O–H groups in total. The third-order valence-electron chi connectivity index (χ3n) is 4.07. The van der Waals surface area contributed by atoms with Gasteiger partial charge in [-0.1, -0.05) is 18.2 Å². The van der Waals surface area contributed by atoms with Crippen LogP contribution >= 0.6 is 0 Å². The van der Waals surface area contributed by atoms with Gasteiger partial charge >= 0.3 is 6.03 Å². The molecule has 1 aliphatic rings. The van der Waals surface area contributed by atoms with Crippen LogP contribution in [0.3, 0.4) is 0 Å². The zero-order valence-corrected chi connectivity index (χ0v) is 14.5. The van der Waals surface area contributed by atoms with Gasteiger partial charge in [-0.3, -0.25) is 0 Å². The number of anilines is 1. The lowest BCUT2D eigenvalue weighted by atomic mass is 10.2. The van der Waals surface area contributed by atoms with Crippen molar-refractivity contribution in [3.05, 3.63) is 29.8 Å². The standard InChI is InChI=1S/C16H25N3O3S/c1-3-19(15-7-5-4-6-13(15)2)10-9-17-16(20)18-14-8-11-23(21,22)12-14/h4-7,14H,3,8-12H2,1-2H3,(H2,17,18,20)/t14-/m0/s1. The summed E-state index contributed by atoms with van der Waals surface area (Å²) in [5.41, 5.74) is 2.37. The van der Waals surface area contributed by atoms with E-state index < -0.39 is 9.84 Å². The Bertz CT molecular complexity index is 646. The molecule has 23 heavy (non-hydrogen) atoms. The number of nitrogens with one attached hydrogen (secondary N) is 2. The number of benzene rings is 1. The van der Waals surface area contributed by atoms with E-state index in [2.05, 4.69) is 41.5 Å². The van der Waals surface area contributed by atoms with E-state index in [0.717, 1.165) is 6.54 Å². The Kier molecular flexibility index (Phi) is 5.87. The Morgan fingerprint density at radius 1 is 1.35 bits per heavy atom. The zero-order chi connectivity index (χ0) is 16.9. The molecule has 128 valence electrons. The second-order valence-corrected chi connectivity index (χ2v) is 8.10. The van der Waals surface area contributed by atoms with Gasteiger partial charge < -0.3 is 15.5 Å². The van der Waals surface area contributed by atoms with E-state index in [-0.39, 0.29) is 23.6 Å². The second-order valence-electron chi connectivity index (χ2n) is 5.87. The molecule has 0 spiro atoms. The smallest absolute Gasteiger partial charge is 0.315 e. The molecule has 0 bridgehead atoms. The summed E-state index contributed by atoms with van der Waals surface area (Å²) >= 11 is 0. The number of rotatable bonds is 6. The molecule has 0 unspecified atom stereocenters. The number of urea groups is 1. The third kappa shape index (κ3) is 5.13. The van der Waals surface area contributed by atoms with Crippen molar-refractivity contribution in [1.82, 2.24) is 10.6 Å². The molecule has 1 aliphatic heterocycles. The Hall–Kier alpha value is -1.76. The minimum Gasteiger partial charge on any atom is -0.370 e. The molecular formula is C16H25N3O3S. The van der Waals surface area contributed by atoms with Crippen LogP contribution in [0.2, 0.25) is 0 Å². The number of hydrogen-bond acceptors (Lipinski definition) is 4. The van der Waals surface area contributed by atoms with E-state index in [1.165, 1.54) is 11.3 Å². The second kappa shape index (κ2) is 7.68. The molecule has 0 aliphatic carbocycles. The number of carbonyl (C=O) groups excluding carboxylic acids is 1. The molecule has 6 nitrogen and oxygen atoms in total. The van der Waals surface area contributed by atoms with Gasteiger partial charge in [0.25, 0.3) is 0 Å². The van der Waals surface area contributed by atoms with E-state index in [0.29, 0.717) is 19.5 Å². The lowest BCUT2D eigenvalue weighted by molar-refractivity contribution is 0.238. The average Bonchev–Trinajstić information content (AvgIpc) is 2.83. The molecule has 0 radical (unpaired) electrons. The van der Waals surface area contributed by atoms with Crippen LogP contribution in [-0.2, 0) is 9.84 Å². The predicted molar refractivity (Wildman–Crippen MR) is 92.7 cm³/mol. The number of hydrogen-bond donors (Lipinski definition) is 2. The van der Waals surface area contributed by atoms with Crippen molar-refractivity contribution in [3.63, 3.8) is 0 Å². The molecule has 0 aromatic heterocycles. The zero-order valence-electron chi connectivity index (χ0n) is 13.7. The summed E-state index contributed by atoms with van der Waals surface area (Å²) in [5.74, 6) is 0.208. The Morgan fingerprint density at radius 2 is 2.09 bits per heavy atom. The fraction of sp³-hybridized carbons (Fsp3) is 0.562. The van der Waals surface area contributed by atoms with Crippen LogP contribution in [0.4, 0.5) is 10.5 Å². The third-order valence-corrected chi connectivity index (χ3v) is 5.84. The number of amides is 2. The van der Waals surface area contributed by atoms with Gasteiger partial charge in [0.2, 0.25) is 0 Å². The highest BCUT2D eigenvalue weighted by molar-refractivity contribution is 7.91. The molecule has 1 heterocycles. The van der Waals surface area contributed by atoms with Crippen molar-refractivity contribution in [3.8, 4) is 0 Å². The molecule has 0 saturated carbocycles. The van der Waals surface area contributed by atoms with Crippen LogP contribution < -0.4 is 15.5 Å². The molecule has 1 saturated heterocycles. The Balaban J connectivity index is 1.77. The fourth-order valence-corrected chi connectivity index (χ4v) is 4.49. The quantitative estimate of drug-likeness (QED) is 0.819. The molecule has 1 atom stereocenters. The number of likely N-dealkylation sites (N-methyl/N-ethyl adjacent to an activating group) is 1. The number of aryl methyl sites for hydroxylation is 1. The van der Waals surface area contributed by atoms with Gasteiger partial charge in [0, 0.05) is 31.4 Å². The SMILES string of the molecule is CCN(CCNC(=O)N[C@H]1CCS(=O)(=O)C1)c1ccccc1C. The van der Waals surface area contributed by atoms with E-state index in [4.69, 9.17) is 0 Å². The van der Waals surface area contributed by atoms with Gasteiger partial charge in [-0.05, 0) is 31.9 Å². The van der Waals surface area contributed by atoms with Crippen molar-refractivity contribution >= 4 is 21.6 Å².